The molecule has 140 valence electrons. The lowest BCUT2D eigenvalue weighted by atomic mass is 10.1. The molecule has 0 saturated carbocycles. The molecule has 0 aliphatic carbocycles. The zero-order valence-corrected chi connectivity index (χ0v) is 18.6. The van der Waals surface area contributed by atoms with E-state index < -0.39 is 5.91 Å². The number of nitrogens with zero attached hydrogens (tertiary/aromatic N) is 1. The van der Waals surface area contributed by atoms with Crippen LogP contribution in [-0.2, 0) is 4.79 Å². The van der Waals surface area contributed by atoms with Crippen LogP contribution in [0.15, 0.2) is 46.4 Å². The number of hydrogen-bond acceptors (Lipinski definition) is 4. The van der Waals surface area contributed by atoms with Crippen LogP contribution in [0.4, 0.5) is 5.69 Å². The molecule has 7 heteroatoms. The SMILES string of the molecule is CCOc1cc(/C=C(/C#N)C(=O)Nc2ccccc2I)cc(Br)c1OCC. The fourth-order valence-corrected chi connectivity index (χ4v) is 3.38. The van der Waals surface area contributed by atoms with Crippen molar-refractivity contribution in [2.24, 2.45) is 0 Å². The van der Waals surface area contributed by atoms with Gasteiger partial charge in [0, 0.05) is 3.57 Å². The molecule has 0 heterocycles. The third-order valence-electron chi connectivity index (χ3n) is 3.42. The zero-order chi connectivity index (χ0) is 19.8. The monoisotopic (exact) mass is 540 g/mol. The maximum atomic E-state index is 12.5. The van der Waals surface area contributed by atoms with Gasteiger partial charge in [0.05, 0.1) is 23.4 Å². The number of halogens is 2. The van der Waals surface area contributed by atoms with Crippen LogP contribution in [0.2, 0.25) is 0 Å². The summed E-state index contributed by atoms with van der Waals surface area (Å²) in [4.78, 5) is 12.5. The number of hydrogen-bond donors (Lipinski definition) is 1. The van der Waals surface area contributed by atoms with Crippen molar-refractivity contribution in [2.45, 2.75) is 13.8 Å². The number of para-hydroxylation sites is 1. The summed E-state index contributed by atoms with van der Waals surface area (Å²) in [5.74, 6) is 0.679. The molecule has 0 aliphatic rings. The number of anilines is 1. The molecule has 2 aromatic carbocycles. The van der Waals surface area contributed by atoms with Crippen molar-refractivity contribution >= 4 is 56.2 Å². The molecule has 0 atom stereocenters. The summed E-state index contributed by atoms with van der Waals surface area (Å²) in [7, 11) is 0. The summed E-state index contributed by atoms with van der Waals surface area (Å²) < 4.78 is 12.8. The van der Waals surface area contributed by atoms with Crippen LogP contribution < -0.4 is 14.8 Å². The summed E-state index contributed by atoms with van der Waals surface area (Å²) in [5.41, 5.74) is 1.31. The molecule has 5 nitrogen and oxygen atoms in total. The fraction of sp³-hybridized carbons (Fsp3) is 0.200. The van der Waals surface area contributed by atoms with Gasteiger partial charge < -0.3 is 14.8 Å². The molecule has 27 heavy (non-hydrogen) atoms. The number of nitriles is 1. The van der Waals surface area contributed by atoms with Crippen molar-refractivity contribution < 1.29 is 14.3 Å². The molecule has 0 bridgehead atoms. The van der Waals surface area contributed by atoms with Crippen molar-refractivity contribution in [1.29, 1.82) is 5.26 Å². The molecule has 0 fully saturated rings. The average Bonchev–Trinajstić information content (AvgIpc) is 2.64. The van der Waals surface area contributed by atoms with Crippen LogP contribution in [0, 0.1) is 14.9 Å². The van der Waals surface area contributed by atoms with E-state index in [1.807, 2.05) is 38.1 Å². The number of carbonyl (C=O) groups excluding carboxylic acids is 1. The van der Waals surface area contributed by atoms with Crippen molar-refractivity contribution in [3.8, 4) is 17.6 Å². The maximum absolute atomic E-state index is 12.5. The highest BCUT2D eigenvalue weighted by molar-refractivity contribution is 14.1. The van der Waals surface area contributed by atoms with Crippen LogP contribution in [0.5, 0.6) is 11.5 Å². The number of nitrogens with one attached hydrogen (secondary N) is 1. The predicted molar refractivity (Wildman–Crippen MR) is 118 cm³/mol. The van der Waals surface area contributed by atoms with Crippen LogP contribution in [0.1, 0.15) is 19.4 Å². The van der Waals surface area contributed by atoms with Gasteiger partial charge in [-0.1, -0.05) is 12.1 Å². The number of amides is 1. The Hall–Kier alpha value is -2.05. The van der Waals surface area contributed by atoms with Gasteiger partial charge in [-0.3, -0.25) is 4.79 Å². The molecule has 2 aromatic rings. The minimum Gasteiger partial charge on any atom is -0.490 e. The zero-order valence-electron chi connectivity index (χ0n) is 14.9. The summed E-state index contributed by atoms with van der Waals surface area (Å²) >= 11 is 5.59. The third-order valence-corrected chi connectivity index (χ3v) is 4.95. The van der Waals surface area contributed by atoms with Crippen LogP contribution >= 0.6 is 38.5 Å². The Labute approximate surface area is 180 Å². The lowest BCUT2D eigenvalue weighted by Crippen LogP contribution is -2.14. The molecule has 0 spiro atoms. The smallest absolute Gasteiger partial charge is 0.266 e. The van der Waals surface area contributed by atoms with E-state index >= 15 is 0 Å². The average molecular weight is 541 g/mol. The first-order chi connectivity index (χ1) is 13.0. The maximum Gasteiger partial charge on any atom is 0.266 e. The van der Waals surface area contributed by atoms with Gasteiger partial charge in [0.25, 0.3) is 5.91 Å². The van der Waals surface area contributed by atoms with Crippen LogP contribution in [0.25, 0.3) is 6.08 Å². The predicted octanol–water partition coefficient (Wildman–Crippen LogP) is 5.40. The van der Waals surface area contributed by atoms with E-state index in [-0.39, 0.29) is 5.57 Å². The summed E-state index contributed by atoms with van der Waals surface area (Å²) in [5, 5.41) is 12.2. The first-order valence-electron chi connectivity index (χ1n) is 8.26. The Bertz CT molecular complexity index is 907. The largest absolute Gasteiger partial charge is 0.490 e. The van der Waals surface area contributed by atoms with Crippen LogP contribution in [-0.4, -0.2) is 19.1 Å². The van der Waals surface area contributed by atoms with E-state index in [1.54, 1.807) is 18.2 Å². The third kappa shape index (κ3) is 5.71. The Morgan fingerprint density at radius 3 is 2.59 bits per heavy atom. The van der Waals surface area contributed by atoms with Gasteiger partial charge in [-0.2, -0.15) is 5.26 Å². The summed E-state index contributed by atoms with van der Waals surface area (Å²) in [6.07, 6.45) is 1.52. The molecule has 0 unspecified atom stereocenters. The van der Waals surface area contributed by atoms with Gasteiger partial charge in [-0.15, -0.1) is 0 Å². The molecule has 0 radical (unpaired) electrons. The van der Waals surface area contributed by atoms with Crippen molar-refractivity contribution in [1.82, 2.24) is 0 Å². The van der Waals surface area contributed by atoms with E-state index in [9.17, 15) is 10.1 Å². The molecule has 0 aromatic heterocycles. The van der Waals surface area contributed by atoms with Crippen LogP contribution in [0.3, 0.4) is 0 Å². The Balaban J connectivity index is 2.35. The van der Waals surface area contributed by atoms with E-state index in [0.29, 0.717) is 40.4 Å². The van der Waals surface area contributed by atoms with Gasteiger partial charge >= 0.3 is 0 Å². The minimum absolute atomic E-state index is 0.00633. The van der Waals surface area contributed by atoms with Gasteiger partial charge in [0.2, 0.25) is 0 Å². The van der Waals surface area contributed by atoms with Gasteiger partial charge in [-0.25, -0.2) is 0 Å². The lowest BCUT2D eigenvalue weighted by molar-refractivity contribution is -0.112. The van der Waals surface area contributed by atoms with Gasteiger partial charge in [-0.05, 0) is 88.3 Å². The quantitative estimate of drug-likeness (QED) is 0.290. The highest BCUT2D eigenvalue weighted by Crippen LogP contribution is 2.37. The van der Waals surface area contributed by atoms with Crippen molar-refractivity contribution in [2.75, 3.05) is 18.5 Å². The summed E-state index contributed by atoms with van der Waals surface area (Å²) in [6, 6.07) is 12.9. The minimum atomic E-state index is -0.468. The second-order valence-corrected chi connectivity index (χ2v) is 7.32. The Morgan fingerprint density at radius 1 is 1.26 bits per heavy atom. The van der Waals surface area contributed by atoms with Crippen molar-refractivity contribution in [3.63, 3.8) is 0 Å². The van der Waals surface area contributed by atoms with Gasteiger partial charge in [0.1, 0.15) is 11.6 Å². The molecule has 2 rings (SSSR count). The second kappa shape index (κ2) is 10.3. The Kier molecular flexibility index (Phi) is 8.13. The molecule has 1 N–H and O–H groups in total. The Morgan fingerprint density at radius 2 is 1.96 bits per heavy atom. The number of carbonyl (C=O) groups is 1. The van der Waals surface area contributed by atoms with Gasteiger partial charge in [0.15, 0.2) is 11.5 Å². The highest BCUT2D eigenvalue weighted by atomic mass is 127. The topological polar surface area (TPSA) is 71.3 Å². The van der Waals surface area contributed by atoms with Crippen molar-refractivity contribution in [3.05, 3.63) is 55.6 Å². The first-order valence-corrected chi connectivity index (χ1v) is 10.1. The van der Waals surface area contributed by atoms with E-state index in [1.165, 1.54) is 6.08 Å². The standard InChI is InChI=1S/C20H18BrIN2O3/c1-3-26-18-11-13(10-15(21)19(18)27-4-2)9-14(12-23)20(25)24-17-8-6-5-7-16(17)22/h5-11H,3-4H2,1-2H3,(H,24,25)/b14-9-. The summed E-state index contributed by atoms with van der Waals surface area (Å²) in [6.45, 7) is 4.73. The van der Waals surface area contributed by atoms with E-state index in [2.05, 4.69) is 43.8 Å². The number of rotatable bonds is 7. The molecular weight excluding hydrogens is 523 g/mol. The molecule has 0 saturated heterocycles. The molecule has 0 aliphatic heterocycles. The fourth-order valence-electron chi connectivity index (χ4n) is 2.29. The van der Waals surface area contributed by atoms with E-state index in [4.69, 9.17) is 9.47 Å². The number of benzene rings is 2. The first kappa shape index (κ1) is 21.3. The van der Waals surface area contributed by atoms with E-state index in [0.717, 1.165) is 3.57 Å². The molecule has 1 amide bonds. The number of ether oxygens (including phenoxy) is 2. The second-order valence-electron chi connectivity index (χ2n) is 5.30. The lowest BCUT2D eigenvalue weighted by Gasteiger charge is -2.13. The normalized spacial score (nSPS) is 10.9. The highest BCUT2D eigenvalue weighted by Gasteiger charge is 2.14. The molecular formula is C20H18BrIN2O3.